The number of hydrogen-bond donors (Lipinski definition) is 0. The molecule has 1 aromatic heterocycles. The van der Waals surface area contributed by atoms with E-state index in [1.54, 1.807) is 13.0 Å². The molecule has 1 aromatic carbocycles. The summed E-state index contributed by atoms with van der Waals surface area (Å²) in [5.74, 6) is 0.757. The number of piperazine rings is 1. The van der Waals surface area contributed by atoms with E-state index in [0.717, 1.165) is 56.2 Å². The first-order chi connectivity index (χ1) is 13.9. The van der Waals surface area contributed by atoms with E-state index in [4.69, 9.17) is 5.10 Å². The maximum atomic E-state index is 13.9. The fourth-order valence-corrected chi connectivity index (χ4v) is 3.93. The Hall–Kier alpha value is -2.41. The van der Waals surface area contributed by atoms with Gasteiger partial charge in [0.15, 0.2) is 0 Å². The van der Waals surface area contributed by atoms with Gasteiger partial charge in [-0.05, 0) is 38.1 Å². The van der Waals surface area contributed by atoms with Crippen molar-refractivity contribution in [2.75, 3.05) is 44.2 Å². The fourth-order valence-electron chi connectivity index (χ4n) is 3.93. The standard InChI is InChI=1S/C22H32FN5O/c1-5-10-27(18(4)29)16-21-17(3)24-28(20-9-7-8-19(23)15-20)22(21)26-13-11-25(6-2)12-14-26/h7-9,15H,5-6,10-14,16H2,1-4H3. The Bertz CT molecular complexity index is 842. The first kappa shape index (κ1) is 21.3. The molecule has 6 nitrogen and oxygen atoms in total. The third-order valence-electron chi connectivity index (χ3n) is 5.62. The van der Waals surface area contributed by atoms with Crippen LogP contribution in [0.15, 0.2) is 24.3 Å². The average molecular weight is 402 g/mol. The van der Waals surface area contributed by atoms with Gasteiger partial charge in [0.05, 0.1) is 17.9 Å². The largest absolute Gasteiger partial charge is 0.354 e. The quantitative estimate of drug-likeness (QED) is 0.715. The van der Waals surface area contributed by atoms with Crippen molar-refractivity contribution in [3.63, 3.8) is 0 Å². The second-order valence-electron chi connectivity index (χ2n) is 7.64. The maximum Gasteiger partial charge on any atom is 0.219 e. The Morgan fingerprint density at radius 1 is 1.21 bits per heavy atom. The Kier molecular flexibility index (Phi) is 6.90. The van der Waals surface area contributed by atoms with E-state index in [1.807, 2.05) is 22.6 Å². The van der Waals surface area contributed by atoms with E-state index in [0.29, 0.717) is 18.8 Å². The average Bonchev–Trinajstić information content (AvgIpc) is 3.04. The third kappa shape index (κ3) is 4.78. The lowest BCUT2D eigenvalue weighted by Gasteiger charge is -2.36. The van der Waals surface area contributed by atoms with Gasteiger partial charge in [-0.15, -0.1) is 0 Å². The van der Waals surface area contributed by atoms with Crippen LogP contribution in [0, 0.1) is 12.7 Å². The molecule has 158 valence electrons. The molecule has 2 heterocycles. The first-order valence-corrected chi connectivity index (χ1v) is 10.5. The highest BCUT2D eigenvalue weighted by Gasteiger charge is 2.26. The molecule has 1 saturated heterocycles. The summed E-state index contributed by atoms with van der Waals surface area (Å²) in [4.78, 5) is 18.8. The van der Waals surface area contributed by atoms with Crippen molar-refractivity contribution in [1.82, 2.24) is 19.6 Å². The van der Waals surface area contributed by atoms with Crippen LogP contribution in [0.1, 0.15) is 38.4 Å². The molecule has 7 heteroatoms. The van der Waals surface area contributed by atoms with Crippen molar-refractivity contribution in [1.29, 1.82) is 0 Å². The molecule has 0 aliphatic carbocycles. The van der Waals surface area contributed by atoms with E-state index in [9.17, 15) is 9.18 Å². The van der Waals surface area contributed by atoms with Crippen molar-refractivity contribution < 1.29 is 9.18 Å². The molecule has 0 bridgehead atoms. The highest BCUT2D eigenvalue weighted by Crippen LogP contribution is 2.30. The molecule has 0 atom stereocenters. The zero-order chi connectivity index (χ0) is 21.0. The summed E-state index contributed by atoms with van der Waals surface area (Å²) >= 11 is 0. The minimum atomic E-state index is -0.282. The summed E-state index contributed by atoms with van der Waals surface area (Å²) in [5, 5.41) is 4.77. The number of aryl methyl sites for hydroxylation is 1. The van der Waals surface area contributed by atoms with Gasteiger partial charge in [-0.3, -0.25) is 4.79 Å². The molecular weight excluding hydrogens is 369 g/mol. The third-order valence-corrected chi connectivity index (χ3v) is 5.62. The molecule has 1 aliphatic rings. The summed E-state index contributed by atoms with van der Waals surface area (Å²) in [6, 6.07) is 6.54. The summed E-state index contributed by atoms with van der Waals surface area (Å²) in [7, 11) is 0. The van der Waals surface area contributed by atoms with Gasteiger partial charge in [-0.1, -0.05) is 19.9 Å². The maximum absolute atomic E-state index is 13.9. The summed E-state index contributed by atoms with van der Waals surface area (Å²) in [5.41, 5.74) is 2.63. The summed E-state index contributed by atoms with van der Waals surface area (Å²) < 4.78 is 15.8. The number of hydrogen-bond acceptors (Lipinski definition) is 4. The van der Waals surface area contributed by atoms with E-state index >= 15 is 0 Å². The normalized spacial score (nSPS) is 15.0. The molecule has 0 saturated carbocycles. The van der Waals surface area contributed by atoms with Crippen LogP contribution in [-0.2, 0) is 11.3 Å². The SMILES string of the molecule is CCCN(Cc1c(C)nn(-c2cccc(F)c2)c1N1CCN(CC)CC1)C(C)=O. The molecule has 1 aliphatic heterocycles. The number of amides is 1. The number of likely N-dealkylation sites (N-methyl/N-ethyl adjacent to an activating group) is 1. The molecule has 1 amide bonds. The minimum Gasteiger partial charge on any atom is -0.354 e. The summed E-state index contributed by atoms with van der Waals surface area (Å²) in [6.45, 7) is 13.8. The molecule has 0 unspecified atom stereocenters. The Morgan fingerprint density at radius 3 is 2.52 bits per heavy atom. The minimum absolute atomic E-state index is 0.0616. The molecule has 2 aromatic rings. The van der Waals surface area contributed by atoms with Crippen molar-refractivity contribution in [3.8, 4) is 5.69 Å². The van der Waals surface area contributed by atoms with E-state index < -0.39 is 0 Å². The van der Waals surface area contributed by atoms with Crippen LogP contribution in [0.25, 0.3) is 5.69 Å². The lowest BCUT2D eigenvalue weighted by atomic mass is 10.1. The van der Waals surface area contributed by atoms with Crippen LogP contribution in [0.3, 0.4) is 0 Å². The topological polar surface area (TPSA) is 44.6 Å². The Labute approximate surface area is 172 Å². The predicted octanol–water partition coefficient (Wildman–Crippen LogP) is 3.22. The van der Waals surface area contributed by atoms with Gasteiger partial charge in [-0.2, -0.15) is 5.10 Å². The lowest BCUT2D eigenvalue weighted by molar-refractivity contribution is -0.129. The zero-order valence-corrected chi connectivity index (χ0v) is 18.0. The zero-order valence-electron chi connectivity index (χ0n) is 18.0. The number of rotatable bonds is 7. The molecule has 0 radical (unpaired) electrons. The highest BCUT2D eigenvalue weighted by molar-refractivity contribution is 5.73. The van der Waals surface area contributed by atoms with Crippen LogP contribution in [-0.4, -0.2) is 64.8 Å². The monoisotopic (exact) mass is 401 g/mol. The summed E-state index contributed by atoms with van der Waals surface area (Å²) in [6.07, 6.45) is 0.904. The second-order valence-corrected chi connectivity index (χ2v) is 7.64. The molecule has 0 spiro atoms. The van der Waals surface area contributed by atoms with Crippen LogP contribution in [0.2, 0.25) is 0 Å². The van der Waals surface area contributed by atoms with Gasteiger partial charge in [0.2, 0.25) is 5.91 Å². The predicted molar refractivity (Wildman–Crippen MR) is 114 cm³/mol. The van der Waals surface area contributed by atoms with Crippen molar-refractivity contribution in [3.05, 3.63) is 41.3 Å². The van der Waals surface area contributed by atoms with Gasteiger partial charge >= 0.3 is 0 Å². The van der Waals surface area contributed by atoms with Crippen molar-refractivity contribution in [2.45, 2.75) is 40.7 Å². The number of anilines is 1. The van der Waals surface area contributed by atoms with Gasteiger partial charge in [0.1, 0.15) is 11.6 Å². The second kappa shape index (κ2) is 9.39. The van der Waals surface area contributed by atoms with Gasteiger partial charge in [0.25, 0.3) is 0 Å². The Morgan fingerprint density at radius 2 is 1.93 bits per heavy atom. The van der Waals surface area contributed by atoms with Gasteiger partial charge in [-0.25, -0.2) is 9.07 Å². The lowest BCUT2D eigenvalue weighted by Crippen LogP contribution is -2.47. The Balaban J connectivity index is 2.04. The fraction of sp³-hybridized carbons (Fsp3) is 0.545. The van der Waals surface area contributed by atoms with Crippen LogP contribution in [0.5, 0.6) is 0 Å². The number of carbonyl (C=O) groups excluding carboxylic acids is 1. The number of benzene rings is 1. The van der Waals surface area contributed by atoms with Crippen LogP contribution in [0.4, 0.5) is 10.2 Å². The van der Waals surface area contributed by atoms with E-state index in [1.165, 1.54) is 12.1 Å². The molecule has 29 heavy (non-hydrogen) atoms. The number of nitrogens with zero attached hydrogens (tertiary/aromatic N) is 5. The van der Waals surface area contributed by atoms with E-state index in [-0.39, 0.29) is 11.7 Å². The van der Waals surface area contributed by atoms with Gasteiger partial charge < -0.3 is 14.7 Å². The molecule has 1 fully saturated rings. The molecule has 0 N–H and O–H groups in total. The van der Waals surface area contributed by atoms with Crippen molar-refractivity contribution in [2.24, 2.45) is 0 Å². The van der Waals surface area contributed by atoms with Crippen LogP contribution >= 0.6 is 0 Å². The number of halogens is 1. The van der Waals surface area contributed by atoms with Gasteiger partial charge in [0, 0.05) is 45.2 Å². The molecule has 3 rings (SSSR count). The van der Waals surface area contributed by atoms with E-state index in [2.05, 4.69) is 23.6 Å². The van der Waals surface area contributed by atoms with Crippen LogP contribution < -0.4 is 4.90 Å². The number of carbonyl (C=O) groups is 1. The van der Waals surface area contributed by atoms with Crippen molar-refractivity contribution >= 4 is 11.7 Å². The smallest absolute Gasteiger partial charge is 0.219 e. The molecular formula is C22H32FN5O. The highest BCUT2D eigenvalue weighted by atomic mass is 19.1. The first-order valence-electron chi connectivity index (χ1n) is 10.5. The number of aromatic nitrogens is 2.